The summed E-state index contributed by atoms with van der Waals surface area (Å²) in [5.41, 5.74) is 7.71. The molecular weight excluding hydrogens is 722 g/mol. The van der Waals surface area contributed by atoms with Gasteiger partial charge in [-0.15, -0.1) is 0 Å². The van der Waals surface area contributed by atoms with Gasteiger partial charge in [0.1, 0.15) is 17.4 Å². The molecule has 5 N–H and O–H groups in total. The van der Waals surface area contributed by atoms with Crippen LogP contribution in [0.15, 0.2) is 30.5 Å². The number of carbonyl (C=O) groups excluding carboxylic acids is 1. The second-order valence-corrected chi connectivity index (χ2v) is 14.1. The fourth-order valence-corrected chi connectivity index (χ4v) is 8.14. The fourth-order valence-electron chi connectivity index (χ4n) is 8.14. The number of benzene rings is 2. The summed E-state index contributed by atoms with van der Waals surface area (Å²) in [6, 6.07) is 8.32. The van der Waals surface area contributed by atoms with Crippen LogP contribution < -0.4 is 20.7 Å². The number of aromatic hydroxyl groups is 1. The number of amides is 1. The molecule has 5 heterocycles. The van der Waals surface area contributed by atoms with E-state index in [9.17, 15) is 9.50 Å². The number of piperidine rings is 1. The summed E-state index contributed by atoms with van der Waals surface area (Å²) in [6.45, 7) is 12.6. The number of nitrogens with one attached hydrogen (secondary N) is 1. The zero-order chi connectivity index (χ0) is 39.9. The van der Waals surface area contributed by atoms with Crippen LogP contribution in [-0.4, -0.2) is 114 Å². The molecule has 0 radical (unpaired) electrons. The topological polar surface area (TPSA) is 159 Å². The Morgan fingerprint density at radius 2 is 1.87 bits per heavy atom. The number of fused-ring (bicyclic) bond motifs is 3. The number of pyridine rings is 1. The van der Waals surface area contributed by atoms with Crippen LogP contribution in [0.3, 0.4) is 0 Å². The number of hydrogen-bond acceptors (Lipinski definition) is 12. The predicted molar refractivity (Wildman–Crippen MR) is 222 cm³/mol. The van der Waals surface area contributed by atoms with Gasteiger partial charge >= 0.3 is 6.01 Å². The number of aliphatic hydroxyl groups is 1. The van der Waals surface area contributed by atoms with E-state index in [-0.39, 0.29) is 24.6 Å². The van der Waals surface area contributed by atoms with E-state index in [4.69, 9.17) is 24.4 Å². The Balaban J connectivity index is 0.000000267. The molecule has 302 valence electrons. The molecule has 7 rings (SSSR count). The van der Waals surface area contributed by atoms with Gasteiger partial charge in [-0.25, -0.2) is 4.39 Å². The summed E-state index contributed by atoms with van der Waals surface area (Å²) >= 11 is 3.53. The van der Waals surface area contributed by atoms with Crippen LogP contribution in [-0.2, 0) is 16.0 Å². The molecule has 2 aromatic heterocycles. The lowest BCUT2D eigenvalue weighted by Gasteiger charge is -2.32. The number of carbonyl (C=O) groups is 1. The zero-order valence-corrected chi connectivity index (χ0v) is 34.0. The first-order valence-electron chi connectivity index (χ1n) is 19.4. The van der Waals surface area contributed by atoms with Gasteiger partial charge in [0.25, 0.3) is 0 Å². The van der Waals surface area contributed by atoms with E-state index in [1.165, 1.54) is 44.7 Å². The van der Waals surface area contributed by atoms with Crippen LogP contribution >= 0.6 is 12.6 Å². The Morgan fingerprint density at radius 1 is 1.11 bits per heavy atom. The molecule has 3 aliphatic rings. The van der Waals surface area contributed by atoms with E-state index in [0.717, 1.165) is 78.4 Å². The fraction of sp³-hybridized carbons (Fsp3) is 0.561. The average molecular weight is 782 g/mol. The first kappa shape index (κ1) is 43.9. The average Bonchev–Trinajstić information content (AvgIpc) is 3.82. The van der Waals surface area contributed by atoms with Crippen molar-refractivity contribution in [1.82, 2.24) is 25.2 Å². The molecule has 3 fully saturated rings. The number of anilines is 1. The number of methoxy groups -OCH3 is 1. The van der Waals surface area contributed by atoms with Crippen molar-refractivity contribution in [2.45, 2.75) is 77.8 Å². The lowest BCUT2D eigenvalue weighted by Crippen LogP contribution is -2.35. The molecule has 3 atom stereocenters. The summed E-state index contributed by atoms with van der Waals surface area (Å²) in [7, 11) is 1.57. The number of phenols is 1. The number of rotatable bonds is 11. The van der Waals surface area contributed by atoms with Gasteiger partial charge in [-0.3, -0.25) is 14.7 Å². The summed E-state index contributed by atoms with van der Waals surface area (Å²) in [5.74, 6) is 1.27. The number of hydrogen-bond donors (Lipinski definition) is 5. The number of aromatic nitrogens is 3. The van der Waals surface area contributed by atoms with Crippen LogP contribution in [0.4, 0.5) is 10.2 Å². The molecule has 2 aromatic carbocycles. The monoisotopic (exact) mass is 781 g/mol. The lowest BCUT2D eigenvalue weighted by atomic mass is 9.93. The van der Waals surface area contributed by atoms with Crippen molar-refractivity contribution in [3.8, 4) is 23.0 Å². The van der Waals surface area contributed by atoms with Crippen molar-refractivity contribution in [2.24, 2.45) is 11.7 Å². The highest BCUT2D eigenvalue weighted by molar-refractivity contribution is 7.79. The first-order chi connectivity index (χ1) is 26.7. The van der Waals surface area contributed by atoms with Crippen LogP contribution in [0.1, 0.15) is 63.5 Å². The van der Waals surface area contributed by atoms with Gasteiger partial charge in [0.05, 0.1) is 43.5 Å². The predicted octanol–water partition coefficient (Wildman–Crippen LogP) is 5.66. The molecule has 0 bridgehead atoms. The normalized spacial score (nSPS) is 19.1. The quantitative estimate of drug-likeness (QED) is 0.0726. The van der Waals surface area contributed by atoms with Gasteiger partial charge in [-0.05, 0) is 105 Å². The van der Waals surface area contributed by atoms with Gasteiger partial charge in [-0.2, -0.15) is 22.6 Å². The number of nitrogens with two attached hydrogens (primary N) is 1. The summed E-state index contributed by atoms with van der Waals surface area (Å²) in [6.07, 6.45) is 12.0. The number of aliphatic hydroxyl groups excluding tert-OH is 1. The van der Waals surface area contributed by atoms with Crippen molar-refractivity contribution in [2.75, 3.05) is 70.8 Å². The summed E-state index contributed by atoms with van der Waals surface area (Å²) in [5, 5.41) is 24.6. The maximum absolute atomic E-state index is 14.7. The van der Waals surface area contributed by atoms with Crippen LogP contribution in [0.5, 0.6) is 11.8 Å². The third-order valence-corrected chi connectivity index (χ3v) is 10.6. The Labute approximate surface area is 330 Å². The van der Waals surface area contributed by atoms with E-state index < -0.39 is 0 Å². The van der Waals surface area contributed by atoms with E-state index in [2.05, 4.69) is 50.4 Å². The molecule has 55 heavy (non-hydrogen) atoms. The maximum Gasteiger partial charge on any atom is 0.318 e. The highest BCUT2D eigenvalue weighted by atomic mass is 32.1. The molecule has 0 saturated carbocycles. The van der Waals surface area contributed by atoms with Gasteiger partial charge in [0, 0.05) is 55.6 Å². The van der Waals surface area contributed by atoms with E-state index >= 15 is 0 Å². The number of primary amides is 1. The molecule has 3 saturated heterocycles. The second-order valence-electron chi connectivity index (χ2n) is 14.1. The molecule has 14 heteroatoms. The van der Waals surface area contributed by atoms with Gasteiger partial charge in [-0.1, -0.05) is 19.9 Å². The SMILES string of the molecule is CCc1c(F)ccc2cc(O)cc(-c3ncc4c(N5CCCC(C)C5)nc(OC)nc4c3C)c12.CS.NC=O.OCCNCCOCC1CCC2CCCN21. The summed E-state index contributed by atoms with van der Waals surface area (Å²) < 4.78 is 25.9. The molecular formula is C41H60FN7O5S. The van der Waals surface area contributed by atoms with Crippen molar-refractivity contribution in [3.05, 3.63) is 47.4 Å². The number of phenolic OH excluding ortho intramolecular Hbond substituents is 1. The number of ether oxygens (including phenoxy) is 2. The van der Waals surface area contributed by atoms with Crippen molar-refractivity contribution in [1.29, 1.82) is 0 Å². The van der Waals surface area contributed by atoms with E-state index in [0.29, 0.717) is 47.8 Å². The maximum atomic E-state index is 14.7. The Kier molecular flexibility index (Phi) is 17.6. The largest absolute Gasteiger partial charge is 0.508 e. The third-order valence-electron chi connectivity index (χ3n) is 10.6. The number of halogens is 1. The molecule has 4 aromatic rings. The minimum absolute atomic E-state index is 0.112. The van der Waals surface area contributed by atoms with E-state index in [1.54, 1.807) is 37.8 Å². The highest BCUT2D eigenvalue weighted by Crippen LogP contribution is 2.40. The van der Waals surface area contributed by atoms with Crippen molar-refractivity contribution < 1.29 is 28.9 Å². The number of aryl methyl sites for hydroxylation is 2. The third kappa shape index (κ3) is 10.9. The van der Waals surface area contributed by atoms with Crippen molar-refractivity contribution >= 4 is 46.5 Å². The minimum atomic E-state index is -0.258. The number of thiol groups is 1. The molecule has 3 unspecified atom stereocenters. The molecule has 0 spiro atoms. The van der Waals surface area contributed by atoms with Crippen LogP contribution in [0, 0.1) is 18.7 Å². The van der Waals surface area contributed by atoms with E-state index in [1.807, 2.05) is 13.8 Å². The van der Waals surface area contributed by atoms with Gasteiger partial charge in [0.15, 0.2) is 0 Å². The highest BCUT2D eigenvalue weighted by Gasteiger charge is 2.36. The van der Waals surface area contributed by atoms with Crippen LogP contribution in [0.2, 0.25) is 0 Å². The molecule has 1 amide bonds. The summed E-state index contributed by atoms with van der Waals surface area (Å²) in [4.78, 5) is 27.7. The number of nitrogens with zero attached hydrogens (tertiary/aromatic N) is 5. The first-order valence-corrected chi connectivity index (χ1v) is 20.3. The Hall–Kier alpha value is -3.82. The Bertz CT molecular complexity index is 1840. The molecule has 3 aliphatic heterocycles. The Morgan fingerprint density at radius 3 is 2.58 bits per heavy atom. The van der Waals surface area contributed by atoms with Crippen molar-refractivity contribution in [3.63, 3.8) is 0 Å². The standard InChI is InChI=1S/C27H29FN4O2.C12H24N2O2.CH3NO.CH4S/c1-5-19-22(28)9-8-17-11-18(33)12-20(23(17)19)24-16(3)25-21(13-29-24)26(31-27(30-25)34-4)32-10-6-7-15(2)14-32;15-8-5-13-6-9-16-10-12-4-3-11-2-1-7-14(11)12;2-1-3;1-2/h8-9,11-13,15,33H,5-7,10,14H2,1-4H3;11-13,15H,1-10H2;1H,(H2,2,3);2H,1H3. The second kappa shape index (κ2) is 22.1. The molecule has 0 aliphatic carbocycles. The van der Waals surface area contributed by atoms with Gasteiger partial charge < -0.3 is 35.6 Å². The zero-order valence-electron chi connectivity index (χ0n) is 33.1. The lowest BCUT2D eigenvalue weighted by molar-refractivity contribution is -0.106. The smallest absolute Gasteiger partial charge is 0.318 e. The van der Waals surface area contributed by atoms with Gasteiger partial charge in [0.2, 0.25) is 6.41 Å². The minimum Gasteiger partial charge on any atom is -0.508 e. The molecule has 12 nitrogen and oxygen atoms in total. The van der Waals surface area contributed by atoms with Crippen LogP contribution in [0.25, 0.3) is 32.9 Å².